The van der Waals surface area contributed by atoms with Gasteiger partial charge in [-0.05, 0) is 24.7 Å². The van der Waals surface area contributed by atoms with Gasteiger partial charge < -0.3 is 20.5 Å². The van der Waals surface area contributed by atoms with Crippen LogP contribution in [0.4, 0.5) is 0 Å². The molecule has 0 heterocycles. The number of rotatable bonds is 7. The van der Waals surface area contributed by atoms with Crippen molar-refractivity contribution in [2.45, 2.75) is 19.4 Å². The minimum absolute atomic E-state index is 0.169. The number of carbonyl (C=O) groups excluding carboxylic acids is 1. The van der Waals surface area contributed by atoms with E-state index in [1.165, 1.54) is 0 Å². The van der Waals surface area contributed by atoms with Crippen LogP contribution in [-0.2, 0) is 4.79 Å². The van der Waals surface area contributed by atoms with Crippen molar-refractivity contribution in [1.82, 2.24) is 5.32 Å². The average molecular weight is 252 g/mol. The molecule has 1 unspecified atom stereocenters. The fourth-order valence-corrected chi connectivity index (χ4v) is 1.85. The fraction of sp³-hybridized carbons (Fsp3) is 0.462. The number of hydrogen-bond donors (Lipinski definition) is 2. The summed E-state index contributed by atoms with van der Waals surface area (Å²) < 4.78 is 10.5. The van der Waals surface area contributed by atoms with Crippen LogP contribution in [0.1, 0.15) is 24.9 Å². The largest absolute Gasteiger partial charge is 0.497 e. The molecule has 0 saturated heterocycles. The first kappa shape index (κ1) is 14.3. The molecule has 0 aliphatic carbocycles. The summed E-state index contributed by atoms with van der Waals surface area (Å²) in [5.74, 6) is 1.08. The zero-order valence-corrected chi connectivity index (χ0v) is 11.0. The molecule has 1 amide bonds. The Kier molecular flexibility index (Phi) is 5.45. The number of ether oxygens (including phenoxy) is 2. The summed E-state index contributed by atoms with van der Waals surface area (Å²) in [5.41, 5.74) is 6.14. The van der Waals surface area contributed by atoms with Gasteiger partial charge in [0.15, 0.2) is 0 Å². The van der Waals surface area contributed by atoms with Crippen LogP contribution in [0, 0.1) is 0 Å². The lowest BCUT2D eigenvalue weighted by atomic mass is 10.0. The Balaban J connectivity index is 3.10. The predicted molar refractivity (Wildman–Crippen MR) is 69.8 cm³/mol. The lowest BCUT2D eigenvalue weighted by Crippen LogP contribution is -2.26. The van der Waals surface area contributed by atoms with Gasteiger partial charge >= 0.3 is 0 Å². The summed E-state index contributed by atoms with van der Waals surface area (Å²) in [7, 11) is 3.19. The Bertz CT molecular complexity index is 407. The van der Waals surface area contributed by atoms with Crippen LogP contribution in [0.5, 0.6) is 11.5 Å². The molecule has 0 radical (unpaired) electrons. The van der Waals surface area contributed by atoms with Crippen molar-refractivity contribution >= 4 is 5.91 Å². The monoisotopic (exact) mass is 252 g/mol. The standard InChI is InChI=1S/C13H20N2O3/c1-4-15-11(8-13(14)16)10-7-9(17-2)5-6-12(10)18-3/h5-7,11,15H,4,8H2,1-3H3,(H2,14,16). The second kappa shape index (κ2) is 6.86. The van der Waals surface area contributed by atoms with Gasteiger partial charge in [0, 0.05) is 18.0 Å². The van der Waals surface area contributed by atoms with E-state index in [0.717, 1.165) is 17.9 Å². The molecular formula is C13H20N2O3. The summed E-state index contributed by atoms with van der Waals surface area (Å²) in [6, 6.07) is 5.32. The lowest BCUT2D eigenvalue weighted by Gasteiger charge is -2.20. The van der Waals surface area contributed by atoms with Crippen molar-refractivity contribution in [2.75, 3.05) is 20.8 Å². The highest BCUT2D eigenvalue weighted by atomic mass is 16.5. The molecule has 0 aromatic heterocycles. The molecule has 0 aliphatic heterocycles. The van der Waals surface area contributed by atoms with Crippen molar-refractivity contribution in [2.24, 2.45) is 5.73 Å². The molecule has 0 fully saturated rings. The number of amides is 1. The first-order valence-electron chi connectivity index (χ1n) is 5.86. The van der Waals surface area contributed by atoms with Crippen molar-refractivity contribution in [1.29, 1.82) is 0 Å². The Labute approximate surface area is 107 Å². The molecule has 1 atom stereocenters. The Morgan fingerprint density at radius 2 is 2.11 bits per heavy atom. The third-order valence-electron chi connectivity index (χ3n) is 2.67. The van der Waals surface area contributed by atoms with Gasteiger partial charge in [0.1, 0.15) is 11.5 Å². The third kappa shape index (κ3) is 3.63. The van der Waals surface area contributed by atoms with Crippen LogP contribution in [0.15, 0.2) is 18.2 Å². The van der Waals surface area contributed by atoms with Gasteiger partial charge in [0.2, 0.25) is 5.91 Å². The minimum atomic E-state index is -0.356. The van der Waals surface area contributed by atoms with Crippen LogP contribution < -0.4 is 20.5 Å². The molecule has 1 aromatic carbocycles. The van der Waals surface area contributed by atoms with Gasteiger partial charge in [-0.1, -0.05) is 6.92 Å². The highest BCUT2D eigenvalue weighted by Gasteiger charge is 2.18. The molecule has 5 heteroatoms. The molecule has 1 aromatic rings. The van der Waals surface area contributed by atoms with Gasteiger partial charge in [-0.15, -0.1) is 0 Å². The molecule has 100 valence electrons. The molecule has 0 aliphatic rings. The van der Waals surface area contributed by atoms with Crippen LogP contribution in [0.25, 0.3) is 0 Å². The molecule has 0 bridgehead atoms. The smallest absolute Gasteiger partial charge is 0.219 e. The summed E-state index contributed by atoms with van der Waals surface area (Å²) in [4.78, 5) is 11.1. The first-order chi connectivity index (χ1) is 8.62. The van der Waals surface area contributed by atoms with E-state index >= 15 is 0 Å². The maximum absolute atomic E-state index is 11.1. The average Bonchev–Trinajstić information content (AvgIpc) is 2.37. The van der Waals surface area contributed by atoms with Crippen molar-refractivity contribution < 1.29 is 14.3 Å². The first-order valence-corrected chi connectivity index (χ1v) is 5.86. The topological polar surface area (TPSA) is 73.6 Å². The molecule has 1 rings (SSSR count). The van der Waals surface area contributed by atoms with Crippen LogP contribution >= 0.6 is 0 Å². The highest BCUT2D eigenvalue weighted by Crippen LogP contribution is 2.30. The summed E-state index contributed by atoms with van der Waals surface area (Å²) in [6.07, 6.45) is 0.220. The van der Waals surface area contributed by atoms with Crippen LogP contribution in [-0.4, -0.2) is 26.7 Å². The van der Waals surface area contributed by atoms with Crippen molar-refractivity contribution in [3.63, 3.8) is 0 Å². The zero-order chi connectivity index (χ0) is 13.5. The third-order valence-corrected chi connectivity index (χ3v) is 2.67. The van der Waals surface area contributed by atoms with Crippen LogP contribution in [0.3, 0.4) is 0 Å². The van der Waals surface area contributed by atoms with E-state index in [0.29, 0.717) is 5.75 Å². The maximum Gasteiger partial charge on any atom is 0.219 e. The molecule has 3 N–H and O–H groups in total. The van der Waals surface area contributed by atoms with E-state index in [-0.39, 0.29) is 18.4 Å². The number of carbonyl (C=O) groups is 1. The van der Waals surface area contributed by atoms with E-state index in [1.54, 1.807) is 14.2 Å². The normalized spacial score (nSPS) is 11.9. The minimum Gasteiger partial charge on any atom is -0.497 e. The van der Waals surface area contributed by atoms with Gasteiger partial charge in [0.25, 0.3) is 0 Å². The van der Waals surface area contributed by atoms with Crippen LogP contribution in [0.2, 0.25) is 0 Å². The number of nitrogens with two attached hydrogens (primary N) is 1. The molecule has 5 nitrogen and oxygen atoms in total. The van der Waals surface area contributed by atoms with Gasteiger partial charge in [-0.25, -0.2) is 0 Å². The SMILES string of the molecule is CCNC(CC(N)=O)c1cc(OC)ccc1OC. The number of primary amides is 1. The Morgan fingerprint density at radius 3 is 2.61 bits per heavy atom. The number of hydrogen-bond acceptors (Lipinski definition) is 4. The molecule has 0 spiro atoms. The van der Waals surface area contributed by atoms with Gasteiger partial charge in [0.05, 0.1) is 14.2 Å². The number of nitrogens with one attached hydrogen (secondary N) is 1. The fourth-order valence-electron chi connectivity index (χ4n) is 1.85. The summed E-state index contributed by atoms with van der Waals surface area (Å²) in [5, 5.41) is 3.22. The van der Waals surface area contributed by atoms with Gasteiger partial charge in [-0.3, -0.25) is 4.79 Å². The number of benzene rings is 1. The van der Waals surface area contributed by atoms with Crippen molar-refractivity contribution in [3.05, 3.63) is 23.8 Å². The second-order valence-corrected chi connectivity index (χ2v) is 3.89. The molecule has 18 heavy (non-hydrogen) atoms. The van der Waals surface area contributed by atoms with E-state index in [4.69, 9.17) is 15.2 Å². The predicted octanol–water partition coefficient (Wildman–Crippen LogP) is 1.23. The summed E-state index contributed by atoms with van der Waals surface area (Å²) >= 11 is 0. The highest BCUT2D eigenvalue weighted by molar-refractivity contribution is 5.75. The second-order valence-electron chi connectivity index (χ2n) is 3.89. The zero-order valence-electron chi connectivity index (χ0n) is 11.0. The lowest BCUT2D eigenvalue weighted by molar-refractivity contribution is -0.118. The maximum atomic E-state index is 11.1. The van der Waals surface area contributed by atoms with Gasteiger partial charge in [-0.2, -0.15) is 0 Å². The molecule has 0 saturated carbocycles. The number of methoxy groups -OCH3 is 2. The quantitative estimate of drug-likeness (QED) is 0.765. The van der Waals surface area contributed by atoms with E-state index in [1.807, 2.05) is 25.1 Å². The Morgan fingerprint density at radius 1 is 1.39 bits per heavy atom. The molecular weight excluding hydrogens is 232 g/mol. The summed E-state index contributed by atoms with van der Waals surface area (Å²) in [6.45, 7) is 2.71. The van der Waals surface area contributed by atoms with E-state index < -0.39 is 0 Å². The van der Waals surface area contributed by atoms with E-state index in [2.05, 4.69) is 5.32 Å². The van der Waals surface area contributed by atoms with Crippen molar-refractivity contribution in [3.8, 4) is 11.5 Å². The Hall–Kier alpha value is -1.75. The van der Waals surface area contributed by atoms with E-state index in [9.17, 15) is 4.79 Å².